The molecule has 1 aliphatic carbocycles. The van der Waals surface area contributed by atoms with Gasteiger partial charge in [0.2, 0.25) is 11.8 Å². The highest BCUT2D eigenvalue weighted by Gasteiger charge is 2.52. The monoisotopic (exact) mass is 251 g/mol. The zero-order chi connectivity index (χ0) is 13.3. The molecule has 6 heteroatoms. The number of rotatable bonds is 2. The zero-order valence-corrected chi connectivity index (χ0v) is 10.4. The largest absolute Gasteiger partial charge is 0.377 e. The number of ether oxygens (including phenoxy) is 1. The van der Waals surface area contributed by atoms with Crippen LogP contribution < -0.4 is 5.73 Å². The van der Waals surface area contributed by atoms with Crippen LogP contribution in [-0.2, 0) is 14.3 Å². The molecule has 0 aromatic rings. The molecule has 2 N–H and O–H groups in total. The van der Waals surface area contributed by atoms with E-state index in [1.807, 2.05) is 6.92 Å². The fourth-order valence-electron chi connectivity index (χ4n) is 2.80. The second-order valence-corrected chi connectivity index (χ2v) is 5.20. The number of nitrogens with zero attached hydrogens (tertiary/aromatic N) is 2. The van der Waals surface area contributed by atoms with E-state index in [1.54, 1.807) is 0 Å². The van der Waals surface area contributed by atoms with Crippen LogP contribution in [0.3, 0.4) is 0 Å². The minimum atomic E-state index is -0.954. The lowest BCUT2D eigenvalue weighted by Crippen LogP contribution is -2.60. The van der Waals surface area contributed by atoms with Crippen LogP contribution in [0.5, 0.6) is 0 Å². The van der Waals surface area contributed by atoms with E-state index in [9.17, 15) is 14.9 Å². The van der Waals surface area contributed by atoms with Crippen LogP contribution >= 0.6 is 0 Å². The summed E-state index contributed by atoms with van der Waals surface area (Å²) < 4.78 is 5.17. The van der Waals surface area contributed by atoms with E-state index in [4.69, 9.17) is 10.5 Å². The summed E-state index contributed by atoms with van der Waals surface area (Å²) >= 11 is 0. The van der Waals surface area contributed by atoms with Crippen molar-refractivity contribution >= 4 is 11.8 Å². The average Bonchev–Trinajstić information content (AvgIpc) is 2.33. The van der Waals surface area contributed by atoms with Crippen LogP contribution in [0.1, 0.15) is 19.8 Å². The molecule has 6 nitrogen and oxygen atoms in total. The summed E-state index contributed by atoms with van der Waals surface area (Å²) in [5.74, 6) is -0.472. The third-order valence-corrected chi connectivity index (χ3v) is 3.74. The lowest BCUT2D eigenvalue weighted by molar-refractivity contribution is -0.158. The molecule has 0 radical (unpaired) electrons. The summed E-state index contributed by atoms with van der Waals surface area (Å²) in [5, 5.41) is 9.24. The van der Waals surface area contributed by atoms with Crippen molar-refractivity contribution in [3.63, 3.8) is 0 Å². The van der Waals surface area contributed by atoms with E-state index in [2.05, 4.69) is 6.07 Å². The predicted octanol–water partition coefficient (Wildman–Crippen LogP) is -0.361. The van der Waals surface area contributed by atoms with Gasteiger partial charge in [0.25, 0.3) is 0 Å². The zero-order valence-electron chi connectivity index (χ0n) is 10.4. The molecule has 1 atom stereocenters. The van der Waals surface area contributed by atoms with Crippen molar-refractivity contribution in [1.82, 2.24) is 4.90 Å². The Bertz CT molecular complexity index is 409. The molecule has 2 amide bonds. The molecule has 0 aromatic heterocycles. The summed E-state index contributed by atoms with van der Waals surface area (Å²) in [4.78, 5) is 25.2. The van der Waals surface area contributed by atoms with E-state index in [0.717, 1.165) is 0 Å². The first-order valence-corrected chi connectivity index (χ1v) is 6.09. The molecule has 1 saturated heterocycles. The van der Waals surface area contributed by atoms with Gasteiger partial charge in [-0.15, -0.1) is 0 Å². The predicted molar refractivity (Wildman–Crippen MR) is 62.0 cm³/mol. The number of hydrogen-bond acceptors (Lipinski definition) is 4. The third-order valence-electron chi connectivity index (χ3n) is 3.74. The molecule has 1 aliphatic heterocycles. The van der Waals surface area contributed by atoms with Crippen LogP contribution in [0.15, 0.2) is 0 Å². The minimum Gasteiger partial charge on any atom is -0.377 e. The van der Waals surface area contributed by atoms with Gasteiger partial charge in [0.15, 0.2) is 0 Å². The number of nitrogens with two attached hydrogens (primary N) is 1. The number of amides is 2. The summed E-state index contributed by atoms with van der Waals surface area (Å²) in [7, 11) is 0. The van der Waals surface area contributed by atoms with E-state index in [-0.39, 0.29) is 12.5 Å². The Balaban J connectivity index is 2.16. The van der Waals surface area contributed by atoms with Gasteiger partial charge >= 0.3 is 0 Å². The third kappa shape index (κ3) is 1.95. The molecule has 98 valence electrons. The van der Waals surface area contributed by atoms with Gasteiger partial charge in [0.05, 0.1) is 19.3 Å². The summed E-state index contributed by atoms with van der Waals surface area (Å²) in [6.07, 6.45) is 1.12. The van der Waals surface area contributed by atoms with Crippen molar-refractivity contribution < 1.29 is 14.3 Å². The fourth-order valence-corrected chi connectivity index (χ4v) is 2.80. The number of carbonyl (C=O) groups is 2. The Morgan fingerprint density at radius 2 is 2.17 bits per heavy atom. The molecule has 1 heterocycles. The molecule has 0 bridgehead atoms. The molecule has 2 fully saturated rings. The van der Waals surface area contributed by atoms with Gasteiger partial charge < -0.3 is 15.4 Å². The first-order valence-electron chi connectivity index (χ1n) is 6.09. The Hall–Kier alpha value is -1.61. The Kier molecular flexibility index (Phi) is 3.26. The van der Waals surface area contributed by atoms with Gasteiger partial charge in [-0.1, -0.05) is 6.92 Å². The number of hydrogen-bond donors (Lipinski definition) is 1. The minimum absolute atomic E-state index is 0.123. The van der Waals surface area contributed by atoms with Gasteiger partial charge in [0, 0.05) is 6.54 Å². The lowest BCUT2D eigenvalue weighted by atomic mass is 9.62. The van der Waals surface area contributed by atoms with Crippen molar-refractivity contribution in [1.29, 1.82) is 5.26 Å². The summed E-state index contributed by atoms with van der Waals surface area (Å²) in [6.45, 7) is 2.84. The molecular weight excluding hydrogens is 234 g/mol. The molecule has 0 spiro atoms. The van der Waals surface area contributed by atoms with Crippen LogP contribution in [0.25, 0.3) is 0 Å². The van der Waals surface area contributed by atoms with Gasteiger partial charge in [0.1, 0.15) is 11.5 Å². The van der Waals surface area contributed by atoms with E-state index in [0.29, 0.717) is 31.9 Å². The number of carbonyl (C=O) groups excluding carboxylic acids is 2. The maximum atomic E-state index is 12.4. The van der Waals surface area contributed by atoms with Gasteiger partial charge in [-0.3, -0.25) is 9.59 Å². The molecule has 1 unspecified atom stereocenters. The van der Waals surface area contributed by atoms with Crippen molar-refractivity contribution in [3.8, 4) is 6.07 Å². The van der Waals surface area contributed by atoms with Crippen molar-refractivity contribution in [2.24, 2.45) is 17.1 Å². The second-order valence-electron chi connectivity index (χ2n) is 5.20. The van der Waals surface area contributed by atoms with Gasteiger partial charge in [-0.05, 0) is 18.8 Å². The molecule has 0 aromatic carbocycles. The summed E-state index contributed by atoms with van der Waals surface area (Å²) in [5.41, 5.74) is 4.32. The number of nitriles is 1. The number of morpholine rings is 1. The average molecular weight is 251 g/mol. The highest BCUT2D eigenvalue weighted by molar-refractivity contribution is 5.92. The maximum absolute atomic E-state index is 12.4. The molecular formula is C12H17N3O3. The van der Waals surface area contributed by atoms with Crippen molar-refractivity contribution in [3.05, 3.63) is 0 Å². The lowest BCUT2D eigenvalue weighted by Gasteiger charge is -2.45. The van der Waals surface area contributed by atoms with E-state index in [1.165, 1.54) is 4.90 Å². The molecule has 2 rings (SSSR count). The maximum Gasteiger partial charge on any atom is 0.243 e. The Morgan fingerprint density at radius 3 is 2.67 bits per heavy atom. The smallest absolute Gasteiger partial charge is 0.243 e. The Labute approximate surface area is 106 Å². The van der Waals surface area contributed by atoms with Gasteiger partial charge in [-0.2, -0.15) is 5.26 Å². The highest BCUT2D eigenvalue weighted by atomic mass is 16.5. The molecule has 2 aliphatic rings. The molecule has 18 heavy (non-hydrogen) atoms. The SMILES string of the molecule is CC1CC(C#N)(C(=O)N2CCOCC2C(N)=O)C1. The summed E-state index contributed by atoms with van der Waals surface area (Å²) in [6, 6.07) is 1.37. The number of primary amides is 1. The van der Waals surface area contributed by atoms with Crippen LogP contribution in [0.2, 0.25) is 0 Å². The first-order chi connectivity index (χ1) is 8.50. The van der Waals surface area contributed by atoms with Crippen molar-refractivity contribution in [2.75, 3.05) is 19.8 Å². The normalized spacial score (nSPS) is 35.4. The van der Waals surface area contributed by atoms with Crippen LogP contribution in [-0.4, -0.2) is 42.5 Å². The van der Waals surface area contributed by atoms with Crippen LogP contribution in [0, 0.1) is 22.7 Å². The quantitative estimate of drug-likeness (QED) is 0.724. The van der Waals surface area contributed by atoms with Gasteiger partial charge in [-0.25, -0.2) is 0 Å². The first kappa shape index (κ1) is 12.8. The van der Waals surface area contributed by atoms with E-state index < -0.39 is 17.4 Å². The fraction of sp³-hybridized carbons (Fsp3) is 0.750. The van der Waals surface area contributed by atoms with Crippen LogP contribution in [0.4, 0.5) is 0 Å². The van der Waals surface area contributed by atoms with E-state index >= 15 is 0 Å². The standard InChI is InChI=1S/C12H17N3O3/c1-8-4-12(5-8,7-13)11(17)15-2-3-18-6-9(15)10(14)16/h8-9H,2-6H2,1H3,(H2,14,16). The van der Waals surface area contributed by atoms with Crippen molar-refractivity contribution in [2.45, 2.75) is 25.8 Å². The topological polar surface area (TPSA) is 96.4 Å². The molecule has 1 saturated carbocycles. The highest BCUT2D eigenvalue weighted by Crippen LogP contribution is 2.46. The second kappa shape index (κ2) is 4.58. The Morgan fingerprint density at radius 1 is 1.50 bits per heavy atom.